The summed E-state index contributed by atoms with van der Waals surface area (Å²) in [4.78, 5) is 16.9. The molecule has 2 saturated carbocycles. The fraction of sp³-hybridized carbons (Fsp3) is 0.500. The number of carbonyl (C=O) groups excluding carboxylic acids is 1. The van der Waals surface area contributed by atoms with Crippen molar-refractivity contribution >= 4 is 17.7 Å². The van der Waals surface area contributed by atoms with Crippen LogP contribution in [0.3, 0.4) is 0 Å². The van der Waals surface area contributed by atoms with E-state index in [1.807, 2.05) is 6.20 Å². The average molecular weight is 356 g/mol. The highest BCUT2D eigenvalue weighted by Gasteiger charge is 2.42. The van der Waals surface area contributed by atoms with E-state index in [2.05, 4.69) is 46.9 Å². The highest BCUT2D eigenvalue weighted by molar-refractivity contribution is 7.99. The zero-order valence-corrected chi connectivity index (χ0v) is 15.7. The van der Waals surface area contributed by atoms with Gasteiger partial charge < -0.3 is 5.32 Å². The van der Waals surface area contributed by atoms with Crippen molar-refractivity contribution in [3.8, 4) is 5.69 Å². The highest BCUT2D eigenvalue weighted by atomic mass is 32.2. The fourth-order valence-corrected chi connectivity index (χ4v) is 4.22. The lowest BCUT2D eigenvalue weighted by molar-refractivity contribution is -0.119. The Balaban J connectivity index is 1.41. The number of nitrogens with one attached hydrogen (secondary N) is 1. The molecule has 0 bridgehead atoms. The molecule has 1 aromatic heterocycles. The number of thioether (sulfide) groups is 1. The standard InChI is InChI=1S/C20H25N3OS/c1-13-3-4-14(2)17(11-13)23-10-9-21-20(23)25-12-18(24)22-19(15-5-6-15)16-7-8-16/h3-4,9-11,15-16,19H,5-8,12H2,1-2H3,(H,22,24). The monoisotopic (exact) mass is 355 g/mol. The first kappa shape index (κ1) is 16.7. The van der Waals surface area contributed by atoms with Gasteiger partial charge in [-0.1, -0.05) is 23.9 Å². The van der Waals surface area contributed by atoms with Crippen LogP contribution in [0.15, 0.2) is 35.7 Å². The van der Waals surface area contributed by atoms with E-state index in [4.69, 9.17) is 0 Å². The maximum absolute atomic E-state index is 12.4. The Kier molecular flexibility index (Phi) is 4.59. The lowest BCUT2D eigenvalue weighted by atomic mass is 10.1. The molecule has 132 valence electrons. The lowest BCUT2D eigenvalue weighted by Crippen LogP contribution is -2.39. The average Bonchev–Trinajstić information content (AvgIpc) is 3.51. The summed E-state index contributed by atoms with van der Waals surface area (Å²) in [6.45, 7) is 4.20. The second-order valence-corrected chi connectivity index (χ2v) is 8.37. The summed E-state index contributed by atoms with van der Waals surface area (Å²) in [5.74, 6) is 2.04. The molecule has 0 spiro atoms. The molecule has 0 atom stereocenters. The van der Waals surface area contributed by atoms with E-state index in [0.29, 0.717) is 11.8 Å². The fourth-order valence-electron chi connectivity index (χ4n) is 3.45. The van der Waals surface area contributed by atoms with Gasteiger partial charge in [-0.2, -0.15) is 0 Å². The number of hydrogen-bond acceptors (Lipinski definition) is 3. The van der Waals surface area contributed by atoms with Gasteiger partial charge in [0.1, 0.15) is 0 Å². The van der Waals surface area contributed by atoms with Crippen LogP contribution in [0.2, 0.25) is 0 Å². The molecule has 0 unspecified atom stereocenters. The Bertz CT molecular complexity index is 765. The maximum atomic E-state index is 12.4. The molecule has 4 rings (SSSR count). The summed E-state index contributed by atoms with van der Waals surface area (Å²) >= 11 is 1.52. The second-order valence-electron chi connectivity index (χ2n) is 7.43. The van der Waals surface area contributed by atoms with Gasteiger partial charge in [-0.05, 0) is 68.6 Å². The SMILES string of the molecule is Cc1ccc(C)c(-n2ccnc2SCC(=O)NC(C2CC2)C2CC2)c1. The van der Waals surface area contributed by atoms with Crippen LogP contribution in [-0.4, -0.2) is 27.3 Å². The first-order valence-corrected chi connectivity index (χ1v) is 10.1. The number of aromatic nitrogens is 2. The number of nitrogens with zero attached hydrogens (tertiary/aromatic N) is 2. The number of rotatable bonds is 7. The molecule has 2 aromatic rings. The third-order valence-electron chi connectivity index (χ3n) is 5.15. The smallest absolute Gasteiger partial charge is 0.230 e. The molecule has 25 heavy (non-hydrogen) atoms. The summed E-state index contributed by atoms with van der Waals surface area (Å²) in [6.07, 6.45) is 8.91. The van der Waals surface area contributed by atoms with Crippen molar-refractivity contribution in [1.29, 1.82) is 0 Å². The van der Waals surface area contributed by atoms with Gasteiger partial charge in [0.2, 0.25) is 5.91 Å². The van der Waals surface area contributed by atoms with Crippen molar-refractivity contribution < 1.29 is 4.79 Å². The Labute approximate surface area is 153 Å². The van der Waals surface area contributed by atoms with Crippen LogP contribution in [0.5, 0.6) is 0 Å². The molecule has 4 nitrogen and oxygen atoms in total. The zero-order valence-electron chi connectivity index (χ0n) is 14.9. The minimum absolute atomic E-state index is 0.143. The van der Waals surface area contributed by atoms with Gasteiger partial charge in [-0.3, -0.25) is 9.36 Å². The third-order valence-corrected chi connectivity index (χ3v) is 6.12. The summed E-state index contributed by atoms with van der Waals surface area (Å²) in [5, 5.41) is 4.16. The van der Waals surface area contributed by atoms with Crippen LogP contribution in [-0.2, 0) is 4.79 Å². The van der Waals surface area contributed by atoms with E-state index in [-0.39, 0.29) is 5.91 Å². The summed E-state index contributed by atoms with van der Waals surface area (Å²) in [6, 6.07) is 6.83. The molecular formula is C20H25N3OS. The Morgan fingerprint density at radius 1 is 1.28 bits per heavy atom. The van der Waals surface area contributed by atoms with Crippen LogP contribution < -0.4 is 5.32 Å². The zero-order chi connectivity index (χ0) is 17.4. The normalized spacial score (nSPS) is 17.1. The van der Waals surface area contributed by atoms with E-state index in [0.717, 1.165) is 22.7 Å². The van der Waals surface area contributed by atoms with E-state index in [1.165, 1.54) is 48.6 Å². The first-order valence-electron chi connectivity index (χ1n) is 9.15. The predicted molar refractivity (Wildman–Crippen MR) is 101 cm³/mol. The van der Waals surface area contributed by atoms with Gasteiger partial charge in [0.05, 0.1) is 11.4 Å². The Morgan fingerprint density at radius 3 is 2.68 bits per heavy atom. The van der Waals surface area contributed by atoms with Crippen molar-refractivity contribution in [1.82, 2.24) is 14.9 Å². The minimum atomic E-state index is 0.143. The highest BCUT2D eigenvalue weighted by Crippen LogP contribution is 2.44. The van der Waals surface area contributed by atoms with Gasteiger partial charge in [0.25, 0.3) is 0 Å². The molecule has 2 aliphatic carbocycles. The molecule has 1 aromatic carbocycles. The van der Waals surface area contributed by atoms with Gasteiger partial charge in [-0.25, -0.2) is 4.98 Å². The van der Waals surface area contributed by atoms with Crippen LogP contribution in [0.1, 0.15) is 36.8 Å². The van der Waals surface area contributed by atoms with E-state index < -0.39 is 0 Å². The molecule has 5 heteroatoms. The number of imidazole rings is 1. The third kappa shape index (κ3) is 3.92. The van der Waals surface area contributed by atoms with Crippen molar-refractivity contribution in [3.63, 3.8) is 0 Å². The Hall–Kier alpha value is -1.75. The molecule has 1 heterocycles. The van der Waals surface area contributed by atoms with Crippen molar-refractivity contribution in [2.45, 2.75) is 50.7 Å². The summed E-state index contributed by atoms with van der Waals surface area (Å²) in [5.41, 5.74) is 3.56. The number of hydrogen-bond donors (Lipinski definition) is 1. The maximum Gasteiger partial charge on any atom is 0.230 e. The second kappa shape index (κ2) is 6.87. The molecule has 2 fully saturated rings. The number of benzene rings is 1. The summed E-state index contributed by atoms with van der Waals surface area (Å²) < 4.78 is 2.08. The Morgan fingerprint density at radius 2 is 2.00 bits per heavy atom. The van der Waals surface area contributed by atoms with Crippen molar-refractivity contribution in [2.24, 2.45) is 11.8 Å². The summed E-state index contributed by atoms with van der Waals surface area (Å²) in [7, 11) is 0. The quantitative estimate of drug-likeness (QED) is 0.767. The van der Waals surface area contributed by atoms with Gasteiger partial charge in [0.15, 0.2) is 5.16 Å². The molecule has 1 amide bonds. The van der Waals surface area contributed by atoms with E-state index in [1.54, 1.807) is 6.20 Å². The first-order chi connectivity index (χ1) is 12.1. The van der Waals surface area contributed by atoms with E-state index in [9.17, 15) is 4.79 Å². The molecular weight excluding hydrogens is 330 g/mol. The number of carbonyl (C=O) groups is 1. The minimum Gasteiger partial charge on any atom is -0.352 e. The topological polar surface area (TPSA) is 46.9 Å². The largest absolute Gasteiger partial charge is 0.352 e. The van der Waals surface area contributed by atoms with Gasteiger partial charge >= 0.3 is 0 Å². The number of aryl methyl sites for hydroxylation is 2. The van der Waals surface area contributed by atoms with Crippen molar-refractivity contribution in [2.75, 3.05) is 5.75 Å². The van der Waals surface area contributed by atoms with Crippen LogP contribution in [0, 0.1) is 25.7 Å². The predicted octanol–water partition coefficient (Wildman–Crippen LogP) is 3.89. The number of amides is 1. The van der Waals surface area contributed by atoms with Gasteiger partial charge in [-0.15, -0.1) is 0 Å². The lowest BCUT2D eigenvalue weighted by Gasteiger charge is -2.17. The van der Waals surface area contributed by atoms with Crippen LogP contribution >= 0.6 is 11.8 Å². The van der Waals surface area contributed by atoms with E-state index >= 15 is 0 Å². The molecule has 1 N–H and O–H groups in total. The molecule has 2 aliphatic rings. The molecule has 0 radical (unpaired) electrons. The van der Waals surface area contributed by atoms with Gasteiger partial charge in [0, 0.05) is 18.4 Å². The van der Waals surface area contributed by atoms with Crippen molar-refractivity contribution in [3.05, 3.63) is 41.7 Å². The molecule has 0 saturated heterocycles. The van der Waals surface area contributed by atoms with Crippen LogP contribution in [0.25, 0.3) is 5.69 Å². The van der Waals surface area contributed by atoms with Crippen LogP contribution in [0.4, 0.5) is 0 Å². The molecule has 0 aliphatic heterocycles.